The number of ether oxygens (including phenoxy) is 1. The number of halogens is 1. The van der Waals surface area contributed by atoms with Crippen LogP contribution in [-0.2, 0) is 4.79 Å². The lowest BCUT2D eigenvalue weighted by atomic mass is 10.2. The van der Waals surface area contributed by atoms with Crippen LogP contribution in [0.4, 0.5) is 0 Å². The van der Waals surface area contributed by atoms with Crippen molar-refractivity contribution in [2.24, 2.45) is 0 Å². The number of carbonyl (C=O) groups excluding carboxylic acids is 1. The lowest BCUT2D eigenvalue weighted by molar-refractivity contribution is -0.120. The maximum absolute atomic E-state index is 11.3. The van der Waals surface area contributed by atoms with Gasteiger partial charge in [0.05, 0.1) is 12.1 Å². The Morgan fingerprint density at radius 2 is 2.23 bits per heavy atom. The van der Waals surface area contributed by atoms with Crippen LogP contribution in [0.25, 0.3) is 10.9 Å². The van der Waals surface area contributed by atoms with Gasteiger partial charge in [-0.2, -0.15) is 0 Å². The van der Waals surface area contributed by atoms with E-state index in [0.717, 1.165) is 28.4 Å². The molecule has 2 aromatic rings. The van der Waals surface area contributed by atoms with E-state index in [9.17, 15) is 4.79 Å². The molecule has 0 saturated heterocycles. The van der Waals surface area contributed by atoms with Gasteiger partial charge in [-0.3, -0.25) is 9.78 Å². The number of carbonyl (C=O) groups is 1. The Bertz CT molecular complexity index is 692. The zero-order valence-electron chi connectivity index (χ0n) is 12.1. The first-order valence-corrected chi connectivity index (χ1v) is 8.18. The third kappa shape index (κ3) is 5.38. The minimum absolute atomic E-state index is 0.0234. The molecule has 0 saturated carbocycles. The van der Waals surface area contributed by atoms with Crippen LogP contribution in [0.1, 0.15) is 12.8 Å². The summed E-state index contributed by atoms with van der Waals surface area (Å²) >= 11 is 3.29. The molecule has 0 fully saturated rings. The first-order valence-electron chi connectivity index (χ1n) is 7.05. The number of fused-ring (bicyclic) bond motifs is 1. The Kier molecular flexibility index (Phi) is 6.72. The van der Waals surface area contributed by atoms with E-state index in [0.29, 0.717) is 13.0 Å². The highest BCUT2D eigenvalue weighted by molar-refractivity contribution is 9.09. The van der Waals surface area contributed by atoms with Gasteiger partial charge < -0.3 is 10.1 Å². The zero-order chi connectivity index (χ0) is 15.6. The predicted octanol–water partition coefficient (Wildman–Crippen LogP) is 2.91. The van der Waals surface area contributed by atoms with Crippen molar-refractivity contribution in [2.45, 2.75) is 12.8 Å². The number of nitrogens with zero attached hydrogens (tertiary/aromatic N) is 1. The van der Waals surface area contributed by atoms with Gasteiger partial charge in [0.2, 0.25) is 5.91 Å². The van der Waals surface area contributed by atoms with E-state index in [4.69, 9.17) is 4.74 Å². The molecular weight excluding hydrogens is 344 g/mol. The molecule has 4 nitrogen and oxygen atoms in total. The number of hydrogen-bond donors (Lipinski definition) is 1. The Morgan fingerprint density at radius 3 is 3.09 bits per heavy atom. The quantitative estimate of drug-likeness (QED) is 0.636. The first kappa shape index (κ1) is 16.3. The summed E-state index contributed by atoms with van der Waals surface area (Å²) < 4.78 is 5.55. The fourth-order valence-corrected chi connectivity index (χ4v) is 2.11. The molecule has 1 aromatic heterocycles. The largest absolute Gasteiger partial charge is 0.481 e. The van der Waals surface area contributed by atoms with Crippen molar-refractivity contribution in [1.29, 1.82) is 0 Å². The lowest BCUT2D eigenvalue weighted by Crippen LogP contribution is -2.23. The molecule has 5 heteroatoms. The number of pyridine rings is 1. The number of alkyl halides is 1. The Hall–Kier alpha value is -2.06. The summed E-state index contributed by atoms with van der Waals surface area (Å²) in [5.74, 6) is 6.50. The van der Waals surface area contributed by atoms with Gasteiger partial charge in [-0.25, -0.2) is 0 Å². The van der Waals surface area contributed by atoms with Crippen LogP contribution in [0.2, 0.25) is 0 Å². The summed E-state index contributed by atoms with van der Waals surface area (Å²) in [6.07, 6.45) is 3.11. The average Bonchev–Trinajstić information content (AvgIpc) is 2.56. The van der Waals surface area contributed by atoms with Crippen LogP contribution in [-0.4, -0.2) is 29.4 Å². The number of benzene rings is 1. The molecule has 0 atom stereocenters. The normalized spacial score (nSPS) is 9.86. The van der Waals surface area contributed by atoms with Crippen molar-refractivity contribution in [1.82, 2.24) is 10.3 Å². The van der Waals surface area contributed by atoms with E-state index in [1.807, 2.05) is 30.3 Å². The van der Waals surface area contributed by atoms with E-state index in [1.165, 1.54) is 0 Å². The van der Waals surface area contributed by atoms with Crippen LogP contribution in [0.15, 0.2) is 36.5 Å². The number of rotatable bonds is 6. The Balaban J connectivity index is 1.74. The van der Waals surface area contributed by atoms with Gasteiger partial charge in [-0.15, -0.1) is 0 Å². The highest BCUT2D eigenvalue weighted by Crippen LogP contribution is 2.18. The molecule has 0 spiro atoms. The monoisotopic (exact) mass is 360 g/mol. The summed E-state index contributed by atoms with van der Waals surface area (Å²) in [6.45, 7) is 0.638. The fourth-order valence-electron chi connectivity index (χ4n) is 1.83. The second-order valence-electron chi connectivity index (χ2n) is 4.57. The average molecular weight is 361 g/mol. The summed E-state index contributed by atoms with van der Waals surface area (Å²) in [6, 6.07) is 9.66. The SMILES string of the molecule is O=C(CCCBr)NCC#CCOc1ccc2cccnc2c1. The van der Waals surface area contributed by atoms with Crippen LogP contribution >= 0.6 is 15.9 Å². The van der Waals surface area contributed by atoms with Gasteiger partial charge in [0.25, 0.3) is 0 Å². The first-order chi connectivity index (χ1) is 10.8. The van der Waals surface area contributed by atoms with Crippen molar-refractivity contribution in [2.75, 3.05) is 18.5 Å². The fraction of sp³-hybridized carbons (Fsp3) is 0.294. The van der Waals surface area contributed by atoms with Crippen molar-refractivity contribution < 1.29 is 9.53 Å². The molecule has 0 unspecified atom stereocenters. The van der Waals surface area contributed by atoms with E-state index in [2.05, 4.69) is 38.1 Å². The Labute approximate surface area is 138 Å². The van der Waals surface area contributed by atoms with E-state index in [1.54, 1.807) is 6.20 Å². The predicted molar refractivity (Wildman–Crippen MR) is 91.1 cm³/mol. The van der Waals surface area contributed by atoms with Gasteiger partial charge in [-0.05, 0) is 24.6 Å². The summed E-state index contributed by atoms with van der Waals surface area (Å²) in [4.78, 5) is 15.6. The number of amides is 1. The van der Waals surface area contributed by atoms with Crippen LogP contribution in [0.3, 0.4) is 0 Å². The van der Waals surface area contributed by atoms with Gasteiger partial charge in [0, 0.05) is 29.4 Å². The van der Waals surface area contributed by atoms with E-state index < -0.39 is 0 Å². The van der Waals surface area contributed by atoms with Crippen LogP contribution in [0, 0.1) is 11.8 Å². The molecule has 1 N–H and O–H groups in total. The van der Waals surface area contributed by atoms with Crippen molar-refractivity contribution in [3.8, 4) is 17.6 Å². The molecule has 0 aliphatic heterocycles. The summed E-state index contributed by atoms with van der Waals surface area (Å²) in [5, 5.41) is 4.65. The molecule has 22 heavy (non-hydrogen) atoms. The van der Waals surface area contributed by atoms with Crippen LogP contribution < -0.4 is 10.1 Å². The molecule has 0 aliphatic rings. The van der Waals surface area contributed by atoms with Gasteiger partial charge in [0.15, 0.2) is 0 Å². The summed E-state index contributed by atoms with van der Waals surface area (Å²) in [7, 11) is 0. The number of hydrogen-bond acceptors (Lipinski definition) is 3. The van der Waals surface area contributed by atoms with E-state index in [-0.39, 0.29) is 12.5 Å². The lowest BCUT2D eigenvalue weighted by Gasteiger charge is -2.03. The summed E-state index contributed by atoms with van der Waals surface area (Å²) in [5.41, 5.74) is 0.895. The van der Waals surface area contributed by atoms with Gasteiger partial charge in [-0.1, -0.05) is 33.8 Å². The highest BCUT2D eigenvalue weighted by Gasteiger charge is 1.98. The zero-order valence-corrected chi connectivity index (χ0v) is 13.7. The topological polar surface area (TPSA) is 51.2 Å². The molecule has 0 radical (unpaired) electrons. The third-order valence-corrected chi connectivity index (χ3v) is 3.49. The van der Waals surface area contributed by atoms with Gasteiger partial charge in [0.1, 0.15) is 12.4 Å². The van der Waals surface area contributed by atoms with E-state index >= 15 is 0 Å². The maximum atomic E-state index is 11.3. The van der Waals surface area contributed by atoms with Gasteiger partial charge >= 0.3 is 0 Å². The van der Waals surface area contributed by atoms with Crippen molar-refractivity contribution in [3.63, 3.8) is 0 Å². The second kappa shape index (κ2) is 9.06. The molecule has 2 rings (SSSR count). The minimum Gasteiger partial charge on any atom is -0.481 e. The second-order valence-corrected chi connectivity index (χ2v) is 5.36. The molecule has 1 aromatic carbocycles. The highest BCUT2D eigenvalue weighted by atomic mass is 79.9. The molecular formula is C17H17BrN2O2. The molecule has 1 heterocycles. The van der Waals surface area contributed by atoms with Crippen molar-refractivity contribution in [3.05, 3.63) is 36.5 Å². The molecule has 0 aliphatic carbocycles. The van der Waals surface area contributed by atoms with Crippen LogP contribution in [0.5, 0.6) is 5.75 Å². The standard InChI is InChI=1S/C17H17BrN2O2/c18-9-3-6-17(21)20-10-1-2-12-22-15-8-7-14-5-4-11-19-16(14)13-15/h4-5,7-8,11,13H,3,6,9-10,12H2,(H,20,21). The number of nitrogens with one attached hydrogen (secondary N) is 1. The molecule has 1 amide bonds. The molecule has 0 bridgehead atoms. The smallest absolute Gasteiger partial charge is 0.220 e. The maximum Gasteiger partial charge on any atom is 0.220 e. The Morgan fingerprint density at radius 1 is 1.32 bits per heavy atom. The number of aromatic nitrogens is 1. The minimum atomic E-state index is 0.0234. The van der Waals surface area contributed by atoms with Crippen molar-refractivity contribution >= 4 is 32.7 Å². The third-order valence-electron chi connectivity index (χ3n) is 2.92. The molecule has 114 valence electrons.